The van der Waals surface area contributed by atoms with Crippen LogP contribution < -0.4 is 10.9 Å². The molecule has 30 heavy (non-hydrogen) atoms. The molecule has 0 aliphatic heterocycles. The van der Waals surface area contributed by atoms with Gasteiger partial charge in [-0.15, -0.1) is 10.2 Å². The molecule has 0 saturated heterocycles. The fraction of sp³-hybridized carbons (Fsp3) is 0.190. The predicted molar refractivity (Wildman–Crippen MR) is 113 cm³/mol. The van der Waals surface area contributed by atoms with Crippen LogP contribution in [0.25, 0.3) is 11.3 Å². The standard InChI is InChI=1S/C21H19ClN6O2/c22-15-7-9-17(10-8-15)27-12-13-28-18(25-26-20(28)21(27)30)5-3-6-19(29)24-14-16-4-1-2-11-23-16/h1-2,4,7-13H,3,5-6,14H2,(H,24,29). The van der Waals surface area contributed by atoms with Gasteiger partial charge in [0.25, 0.3) is 0 Å². The Morgan fingerprint density at radius 2 is 1.90 bits per heavy atom. The summed E-state index contributed by atoms with van der Waals surface area (Å²) in [5, 5.41) is 11.6. The van der Waals surface area contributed by atoms with Gasteiger partial charge in [0.2, 0.25) is 11.6 Å². The summed E-state index contributed by atoms with van der Waals surface area (Å²) < 4.78 is 3.16. The lowest BCUT2D eigenvalue weighted by molar-refractivity contribution is -0.121. The van der Waals surface area contributed by atoms with Crippen molar-refractivity contribution in [1.82, 2.24) is 29.5 Å². The van der Waals surface area contributed by atoms with Gasteiger partial charge in [0.05, 0.1) is 12.2 Å². The second-order valence-corrected chi connectivity index (χ2v) is 7.15. The molecule has 3 heterocycles. The number of nitrogens with zero attached hydrogens (tertiary/aromatic N) is 5. The van der Waals surface area contributed by atoms with E-state index in [0.29, 0.717) is 42.3 Å². The van der Waals surface area contributed by atoms with Crippen molar-refractivity contribution in [3.63, 3.8) is 0 Å². The Morgan fingerprint density at radius 3 is 2.67 bits per heavy atom. The summed E-state index contributed by atoms with van der Waals surface area (Å²) in [6, 6.07) is 12.6. The van der Waals surface area contributed by atoms with Crippen molar-refractivity contribution in [2.24, 2.45) is 0 Å². The summed E-state index contributed by atoms with van der Waals surface area (Å²) in [4.78, 5) is 29.0. The maximum absolute atomic E-state index is 12.8. The van der Waals surface area contributed by atoms with Crippen LogP contribution >= 0.6 is 11.6 Å². The first kappa shape index (κ1) is 19.8. The molecule has 152 valence electrons. The molecule has 0 atom stereocenters. The molecular weight excluding hydrogens is 404 g/mol. The van der Waals surface area contributed by atoms with E-state index in [1.54, 1.807) is 47.3 Å². The number of benzene rings is 1. The monoisotopic (exact) mass is 422 g/mol. The van der Waals surface area contributed by atoms with E-state index in [4.69, 9.17) is 11.6 Å². The average Bonchev–Trinajstić information content (AvgIpc) is 3.18. The number of hydrogen-bond donors (Lipinski definition) is 1. The molecule has 1 amide bonds. The van der Waals surface area contributed by atoms with Crippen LogP contribution in [0.1, 0.15) is 24.4 Å². The lowest BCUT2D eigenvalue weighted by Crippen LogP contribution is -2.23. The number of aromatic nitrogens is 5. The highest BCUT2D eigenvalue weighted by Gasteiger charge is 2.12. The number of rotatable bonds is 7. The Morgan fingerprint density at radius 1 is 1.07 bits per heavy atom. The number of hydrogen-bond acceptors (Lipinski definition) is 5. The van der Waals surface area contributed by atoms with Gasteiger partial charge < -0.3 is 5.32 Å². The van der Waals surface area contributed by atoms with Crippen molar-refractivity contribution in [3.8, 4) is 5.69 Å². The predicted octanol–water partition coefficient (Wildman–Crippen LogP) is 2.57. The Kier molecular flexibility index (Phi) is 5.85. The Hall–Kier alpha value is -3.52. The van der Waals surface area contributed by atoms with Crippen molar-refractivity contribution in [2.75, 3.05) is 0 Å². The molecule has 1 N–H and O–H groups in total. The minimum atomic E-state index is -0.272. The molecule has 4 rings (SSSR count). The van der Waals surface area contributed by atoms with Crippen molar-refractivity contribution in [1.29, 1.82) is 0 Å². The first-order valence-corrected chi connectivity index (χ1v) is 9.87. The van der Waals surface area contributed by atoms with Crippen LogP contribution in [0, 0.1) is 0 Å². The van der Waals surface area contributed by atoms with Gasteiger partial charge in [-0.25, -0.2) is 0 Å². The third-order valence-corrected chi connectivity index (χ3v) is 4.90. The topological polar surface area (TPSA) is 94.2 Å². The Bertz CT molecular complexity index is 1220. The van der Waals surface area contributed by atoms with Crippen molar-refractivity contribution in [3.05, 3.63) is 87.9 Å². The molecule has 0 spiro atoms. The summed E-state index contributed by atoms with van der Waals surface area (Å²) in [5.41, 5.74) is 1.47. The number of halogens is 1. The van der Waals surface area contributed by atoms with E-state index in [1.165, 1.54) is 4.57 Å². The third kappa shape index (κ3) is 4.38. The fourth-order valence-electron chi connectivity index (χ4n) is 3.10. The SMILES string of the molecule is O=C(CCCc1nnc2c(=O)n(-c3ccc(Cl)cc3)ccn12)NCc1ccccn1. The largest absolute Gasteiger partial charge is 0.350 e. The highest BCUT2D eigenvalue weighted by Crippen LogP contribution is 2.13. The summed E-state index contributed by atoms with van der Waals surface area (Å²) >= 11 is 5.91. The zero-order valence-corrected chi connectivity index (χ0v) is 16.8. The summed E-state index contributed by atoms with van der Waals surface area (Å²) in [7, 11) is 0. The van der Waals surface area contributed by atoms with E-state index in [1.807, 2.05) is 18.2 Å². The van der Waals surface area contributed by atoms with E-state index in [2.05, 4.69) is 20.5 Å². The number of pyridine rings is 1. The summed E-state index contributed by atoms with van der Waals surface area (Å²) in [5.74, 6) is 0.586. The van der Waals surface area contributed by atoms with Crippen molar-refractivity contribution >= 4 is 23.2 Å². The molecule has 0 unspecified atom stereocenters. The number of fused-ring (bicyclic) bond motifs is 1. The number of aryl methyl sites for hydroxylation is 1. The number of amides is 1. The average molecular weight is 423 g/mol. The second kappa shape index (κ2) is 8.87. The van der Waals surface area contributed by atoms with Crippen LogP contribution in [-0.2, 0) is 17.8 Å². The minimum Gasteiger partial charge on any atom is -0.350 e. The minimum absolute atomic E-state index is 0.0560. The van der Waals surface area contributed by atoms with Gasteiger partial charge in [-0.2, -0.15) is 0 Å². The molecule has 0 radical (unpaired) electrons. The Labute approximate surface area is 177 Å². The van der Waals surface area contributed by atoms with Gasteiger partial charge in [0.1, 0.15) is 5.82 Å². The first-order valence-electron chi connectivity index (χ1n) is 9.49. The van der Waals surface area contributed by atoms with Gasteiger partial charge in [-0.3, -0.25) is 23.5 Å². The van der Waals surface area contributed by atoms with E-state index in [0.717, 1.165) is 5.69 Å². The van der Waals surface area contributed by atoms with Gasteiger partial charge in [-0.05, 0) is 42.8 Å². The van der Waals surface area contributed by atoms with E-state index >= 15 is 0 Å². The van der Waals surface area contributed by atoms with E-state index in [9.17, 15) is 9.59 Å². The maximum Gasteiger partial charge on any atom is 0.300 e. The highest BCUT2D eigenvalue weighted by atomic mass is 35.5. The van der Waals surface area contributed by atoms with Gasteiger partial charge in [0, 0.05) is 42.1 Å². The smallest absolute Gasteiger partial charge is 0.300 e. The molecule has 4 aromatic rings. The molecule has 0 aliphatic carbocycles. The van der Waals surface area contributed by atoms with Gasteiger partial charge >= 0.3 is 5.56 Å². The molecule has 0 saturated carbocycles. The van der Waals surface area contributed by atoms with Gasteiger partial charge in [0.15, 0.2) is 0 Å². The summed E-state index contributed by atoms with van der Waals surface area (Å²) in [6.07, 6.45) is 6.59. The molecule has 3 aromatic heterocycles. The van der Waals surface area contributed by atoms with Crippen LogP contribution in [0.3, 0.4) is 0 Å². The molecular formula is C21H19ClN6O2. The second-order valence-electron chi connectivity index (χ2n) is 6.71. The van der Waals surface area contributed by atoms with Crippen LogP contribution in [0.15, 0.2) is 65.8 Å². The lowest BCUT2D eigenvalue weighted by atomic mass is 10.2. The summed E-state index contributed by atoms with van der Waals surface area (Å²) in [6.45, 7) is 0.401. The normalized spacial score (nSPS) is 11.0. The number of carbonyl (C=O) groups is 1. The van der Waals surface area contributed by atoms with Crippen LogP contribution in [0.5, 0.6) is 0 Å². The maximum atomic E-state index is 12.8. The van der Waals surface area contributed by atoms with Crippen molar-refractivity contribution in [2.45, 2.75) is 25.8 Å². The zero-order valence-electron chi connectivity index (χ0n) is 16.0. The highest BCUT2D eigenvalue weighted by molar-refractivity contribution is 6.30. The van der Waals surface area contributed by atoms with Crippen LogP contribution in [0.2, 0.25) is 5.02 Å². The molecule has 8 nitrogen and oxygen atoms in total. The molecule has 0 bridgehead atoms. The molecule has 9 heteroatoms. The van der Waals surface area contributed by atoms with Crippen LogP contribution in [0.4, 0.5) is 0 Å². The first-order chi connectivity index (χ1) is 14.6. The van der Waals surface area contributed by atoms with E-state index in [-0.39, 0.29) is 17.1 Å². The molecule has 1 aromatic carbocycles. The van der Waals surface area contributed by atoms with Gasteiger partial charge in [-0.1, -0.05) is 17.7 Å². The van der Waals surface area contributed by atoms with Crippen molar-refractivity contribution < 1.29 is 4.79 Å². The molecule has 0 fully saturated rings. The quantitative estimate of drug-likeness (QED) is 0.494. The number of carbonyl (C=O) groups excluding carboxylic acids is 1. The lowest BCUT2D eigenvalue weighted by Gasteiger charge is -2.07. The Balaban J connectivity index is 1.39. The molecule has 0 aliphatic rings. The zero-order chi connectivity index (χ0) is 20.9. The van der Waals surface area contributed by atoms with Crippen LogP contribution in [-0.4, -0.2) is 30.1 Å². The number of nitrogens with one attached hydrogen (secondary N) is 1. The van der Waals surface area contributed by atoms with E-state index < -0.39 is 0 Å². The fourth-order valence-corrected chi connectivity index (χ4v) is 3.22. The third-order valence-electron chi connectivity index (χ3n) is 4.64.